The van der Waals surface area contributed by atoms with Gasteiger partial charge >= 0.3 is 0 Å². The number of hydrogen-bond acceptors (Lipinski definition) is 4. The maximum Gasteiger partial charge on any atom is 0.256 e. The molecule has 1 aliphatic heterocycles. The maximum absolute atomic E-state index is 13.0. The van der Waals surface area contributed by atoms with Gasteiger partial charge in [0.2, 0.25) is 5.43 Å². The lowest BCUT2D eigenvalue weighted by Crippen LogP contribution is -2.40. The molecule has 164 valence electrons. The first kappa shape index (κ1) is 21.1. The van der Waals surface area contributed by atoms with Crippen molar-refractivity contribution < 1.29 is 14.3 Å². The highest BCUT2D eigenvalue weighted by molar-refractivity contribution is 5.99. The fourth-order valence-corrected chi connectivity index (χ4v) is 4.44. The van der Waals surface area contributed by atoms with E-state index in [-0.39, 0.29) is 41.1 Å². The van der Waals surface area contributed by atoms with E-state index in [4.69, 9.17) is 4.74 Å². The zero-order valence-corrected chi connectivity index (χ0v) is 17.7. The van der Waals surface area contributed by atoms with Gasteiger partial charge in [0.1, 0.15) is 11.1 Å². The van der Waals surface area contributed by atoms with Crippen molar-refractivity contribution in [2.45, 2.75) is 95.4 Å². The minimum Gasteiger partial charge on any atom is -0.376 e. The smallest absolute Gasteiger partial charge is 0.256 e. The summed E-state index contributed by atoms with van der Waals surface area (Å²) in [7, 11) is 0. The zero-order chi connectivity index (χ0) is 20.9. The van der Waals surface area contributed by atoms with Crippen molar-refractivity contribution in [3.05, 3.63) is 33.7 Å². The molecule has 0 aromatic carbocycles. The van der Waals surface area contributed by atoms with Gasteiger partial charge in [-0.25, -0.2) is 0 Å². The van der Waals surface area contributed by atoms with Gasteiger partial charge in [0, 0.05) is 37.6 Å². The first-order chi connectivity index (χ1) is 14.6. The Balaban J connectivity index is 1.56. The summed E-state index contributed by atoms with van der Waals surface area (Å²) in [6, 6.07) is 0.240. The molecule has 0 bridgehead atoms. The van der Waals surface area contributed by atoms with Crippen LogP contribution in [0.5, 0.6) is 0 Å². The number of nitrogens with one attached hydrogen (secondary N) is 2. The lowest BCUT2D eigenvalue weighted by Gasteiger charge is -2.21. The second-order valence-electron chi connectivity index (χ2n) is 9.01. The molecule has 1 aromatic rings. The van der Waals surface area contributed by atoms with Gasteiger partial charge in [-0.2, -0.15) is 0 Å². The van der Waals surface area contributed by atoms with Crippen LogP contribution in [0.1, 0.15) is 91.3 Å². The van der Waals surface area contributed by atoms with E-state index in [9.17, 15) is 14.4 Å². The lowest BCUT2D eigenvalue weighted by atomic mass is 9.96. The summed E-state index contributed by atoms with van der Waals surface area (Å²) in [6.45, 7) is 1.27. The fourth-order valence-electron chi connectivity index (χ4n) is 4.44. The summed E-state index contributed by atoms with van der Waals surface area (Å²) in [6.07, 6.45) is 14.8. The average molecular weight is 416 g/mol. The molecule has 7 nitrogen and oxygen atoms in total. The van der Waals surface area contributed by atoms with Crippen LogP contribution in [0, 0.1) is 0 Å². The number of ether oxygens (including phenoxy) is 1. The molecule has 3 fully saturated rings. The Morgan fingerprint density at radius 1 is 0.833 bits per heavy atom. The molecule has 2 aliphatic carbocycles. The van der Waals surface area contributed by atoms with E-state index in [1.807, 2.05) is 0 Å². The molecule has 0 spiro atoms. The Morgan fingerprint density at radius 2 is 1.40 bits per heavy atom. The van der Waals surface area contributed by atoms with Crippen molar-refractivity contribution in [2.24, 2.45) is 0 Å². The standard InChI is InChI=1S/C23H33N3O4/c27-21-19(22(28)24-16-7-4-2-1-3-5-8-16)14-26(13-18-9-6-12-30-18)15-20(21)23(29)25-17-10-11-17/h14-18H,1-13H2,(H,24,28)(H,25,29). The molecule has 1 saturated heterocycles. The van der Waals surface area contributed by atoms with E-state index in [1.165, 1.54) is 19.3 Å². The van der Waals surface area contributed by atoms with Crippen LogP contribution in [-0.4, -0.2) is 41.2 Å². The van der Waals surface area contributed by atoms with Crippen LogP contribution >= 0.6 is 0 Å². The normalized spacial score (nSPS) is 22.9. The van der Waals surface area contributed by atoms with E-state index in [0.717, 1.165) is 58.0 Å². The van der Waals surface area contributed by atoms with Crippen molar-refractivity contribution in [2.75, 3.05) is 6.61 Å². The van der Waals surface area contributed by atoms with Gasteiger partial charge < -0.3 is 19.9 Å². The van der Waals surface area contributed by atoms with Crippen LogP contribution in [0.4, 0.5) is 0 Å². The Bertz CT molecular complexity index is 816. The van der Waals surface area contributed by atoms with Gasteiger partial charge in [-0.15, -0.1) is 0 Å². The minimum absolute atomic E-state index is 0.0465. The van der Waals surface area contributed by atoms with Gasteiger partial charge in [0.25, 0.3) is 11.8 Å². The minimum atomic E-state index is -0.486. The summed E-state index contributed by atoms with van der Waals surface area (Å²) in [5.41, 5.74) is -0.385. The van der Waals surface area contributed by atoms with Gasteiger partial charge in [-0.3, -0.25) is 14.4 Å². The van der Waals surface area contributed by atoms with E-state index >= 15 is 0 Å². The number of nitrogens with zero attached hydrogens (tertiary/aromatic N) is 1. The molecule has 4 rings (SSSR count). The molecule has 3 aliphatic rings. The molecule has 2 saturated carbocycles. The number of amides is 2. The Morgan fingerprint density at radius 3 is 1.93 bits per heavy atom. The molecule has 30 heavy (non-hydrogen) atoms. The zero-order valence-electron chi connectivity index (χ0n) is 17.7. The molecule has 1 aromatic heterocycles. The number of aromatic nitrogens is 1. The topological polar surface area (TPSA) is 89.4 Å². The first-order valence-corrected chi connectivity index (χ1v) is 11.6. The lowest BCUT2D eigenvalue weighted by molar-refractivity contribution is 0.0914. The number of carbonyl (C=O) groups is 2. The molecule has 1 atom stereocenters. The molecule has 2 N–H and O–H groups in total. The Kier molecular flexibility index (Phi) is 6.87. The summed E-state index contributed by atoms with van der Waals surface area (Å²) < 4.78 is 7.49. The van der Waals surface area contributed by atoms with Crippen molar-refractivity contribution in [1.82, 2.24) is 15.2 Å². The Hall–Kier alpha value is -2.15. The van der Waals surface area contributed by atoms with Crippen LogP contribution in [0.2, 0.25) is 0 Å². The van der Waals surface area contributed by atoms with Gasteiger partial charge in [0.15, 0.2) is 0 Å². The molecular weight excluding hydrogens is 382 g/mol. The van der Waals surface area contributed by atoms with E-state index in [1.54, 1.807) is 17.0 Å². The first-order valence-electron chi connectivity index (χ1n) is 11.6. The molecule has 2 heterocycles. The van der Waals surface area contributed by atoms with Crippen LogP contribution in [0.3, 0.4) is 0 Å². The summed E-state index contributed by atoms with van der Waals surface area (Å²) in [5.74, 6) is -0.753. The number of pyridine rings is 1. The van der Waals surface area contributed by atoms with Gasteiger partial charge in [0.05, 0.1) is 6.10 Å². The van der Waals surface area contributed by atoms with Crippen LogP contribution in [0.15, 0.2) is 17.2 Å². The van der Waals surface area contributed by atoms with Gasteiger partial charge in [-0.1, -0.05) is 32.1 Å². The summed E-state index contributed by atoms with van der Waals surface area (Å²) >= 11 is 0. The highest BCUT2D eigenvalue weighted by Gasteiger charge is 2.27. The molecule has 2 amide bonds. The third-order valence-corrected chi connectivity index (χ3v) is 6.36. The van der Waals surface area contributed by atoms with Crippen LogP contribution < -0.4 is 16.1 Å². The predicted molar refractivity (Wildman–Crippen MR) is 114 cm³/mol. The van der Waals surface area contributed by atoms with E-state index < -0.39 is 5.43 Å². The third-order valence-electron chi connectivity index (χ3n) is 6.36. The maximum atomic E-state index is 13.0. The third kappa shape index (κ3) is 5.50. The number of hydrogen-bond donors (Lipinski definition) is 2. The predicted octanol–water partition coefficient (Wildman–Crippen LogP) is 2.76. The van der Waals surface area contributed by atoms with Gasteiger partial charge in [-0.05, 0) is 38.5 Å². The van der Waals surface area contributed by atoms with E-state index in [2.05, 4.69) is 10.6 Å². The Labute approximate surface area is 177 Å². The molecule has 1 unspecified atom stereocenters. The monoisotopic (exact) mass is 415 g/mol. The quantitative estimate of drug-likeness (QED) is 0.748. The fraction of sp³-hybridized carbons (Fsp3) is 0.696. The van der Waals surface area contributed by atoms with Crippen LogP contribution in [0.25, 0.3) is 0 Å². The molecule has 7 heteroatoms. The van der Waals surface area contributed by atoms with Crippen molar-refractivity contribution in [3.63, 3.8) is 0 Å². The molecule has 0 radical (unpaired) electrons. The van der Waals surface area contributed by atoms with Crippen molar-refractivity contribution >= 4 is 11.8 Å². The second kappa shape index (κ2) is 9.77. The number of rotatable bonds is 6. The largest absolute Gasteiger partial charge is 0.376 e. The van der Waals surface area contributed by atoms with Crippen molar-refractivity contribution in [1.29, 1.82) is 0 Å². The highest BCUT2D eigenvalue weighted by Crippen LogP contribution is 2.20. The SMILES string of the molecule is O=C(NC1CCCCCCC1)c1cn(CC2CCCO2)cc(C(=O)NC2CC2)c1=O. The summed E-state index contributed by atoms with van der Waals surface area (Å²) in [5, 5.41) is 5.95. The average Bonchev–Trinajstić information content (AvgIpc) is 3.37. The van der Waals surface area contributed by atoms with Crippen LogP contribution in [-0.2, 0) is 11.3 Å². The number of carbonyl (C=O) groups excluding carboxylic acids is 2. The summed E-state index contributed by atoms with van der Waals surface area (Å²) in [4.78, 5) is 38.8. The second-order valence-corrected chi connectivity index (χ2v) is 9.01. The van der Waals surface area contributed by atoms with Crippen molar-refractivity contribution in [3.8, 4) is 0 Å². The molecular formula is C23H33N3O4. The van der Waals surface area contributed by atoms with E-state index in [0.29, 0.717) is 6.54 Å². The highest BCUT2D eigenvalue weighted by atomic mass is 16.5.